The van der Waals surface area contributed by atoms with Crippen molar-refractivity contribution in [3.8, 4) is 0 Å². The van der Waals surface area contributed by atoms with E-state index in [9.17, 15) is 4.79 Å². The second-order valence-corrected chi connectivity index (χ2v) is 3.98. The van der Waals surface area contributed by atoms with E-state index in [0.29, 0.717) is 10.7 Å². The Bertz CT molecular complexity index is 330. The van der Waals surface area contributed by atoms with Gasteiger partial charge in [0.2, 0.25) is 0 Å². The molecule has 13 heavy (non-hydrogen) atoms. The van der Waals surface area contributed by atoms with Gasteiger partial charge < -0.3 is 10.6 Å². The molecule has 1 rings (SSSR count). The summed E-state index contributed by atoms with van der Waals surface area (Å²) in [5, 5.41) is 5.59. The van der Waals surface area contributed by atoms with Gasteiger partial charge in [-0.2, -0.15) is 0 Å². The molecular weight excluding hydrogens is 302 g/mol. The summed E-state index contributed by atoms with van der Waals surface area (Å²) in [6.45, 7) is 0. The summed E-state index contributed by atoms with van der Waals surface area (Å²) < 4.78 is 1.02. The smallest absolute Gasteiger partial charge is 0.319 e. The maximum absolute atomic E-state index is 11.0. The zero-order valence-electron chi connectivity index (χ0n) is 6.90. The Labute approximate surface area is 95.0 Å². The number of anilines is 1. The SMILES string of the molecule is CNC(=O)Nc1cc(I)ccc1Cl. The van der Waals surface area contributed by atoms with Gasteiger partial charge in [0.25, 0.3) is 0 Å². The fraction of sp³-hybridized carbons (Fsp3) is 0.125. The van der Waals surface area contributed by atoms with Crippen LogP contribution in [0.5, 0.6) is 0 Å². The minimum absolute atomic E-state index is 0.274. The van der Waals surface area contributed by atoms with Crippen LogP contribution in [0.25, 0.3) is 0 Å². The largest absolute Gasteiger partial charge is 0.341 e. The van der Waals surface area contributed by atoms with Crippen molar-refractivity contribution < 1.29 is 4.79 Å². The first-order valence-electron chi connectivity index (χ1n) is 3.57. The van der Waals surface area contributed by atoms with E-state index < -0.39 is 0 Å². The lowest BCUT2D eigenvalue weighted by Gasteiger charge is -2.06. The third-order valence-corrected chi connectivity index (χ3v) is 2.40. The molecule has 2 N–H and O–H groups in total. The summed E-state index contributed by atoms with van der Waals surface area (Å²) in [4.78, 5) is 11.0. The predicted octanol–water partition coefficient (Wildman–Crippen LogP) is 2.70. The number of amides is 2. The molecule has 0 radical (unpaired) electrons. The molecule has 0 heterocycles. The summed E-state index contributed by atoms with van der Waals surface area (Å²) in [5.41, 5.74) is 0.618. The molecular formula is C8H8ClIN2O. The first-order chi connectivity index (χ1) is 6.13. The lowest BCUT2D eigenvalue weighted by Crippen LogP contribution is -2.24. The highest BCUT2D eigenvalue weighted by Gasteiger charge is 2.03. The highest BCUT2D eigenvalue weighted by Crippen LogP contribution is 2.23. The number of urea groups is 1. The number of carbonyl (C=O) groups is 1. The Morgan fingerprint density at radius 3 is 2.85 bits per heavy atom. The van der Waals surface area contributed by atoms with Gasteiger partial charge in [0.05, 0.1) is 10.7 Å². The Balaban J connectivity index is 2.87. The van der Waals surface area contributed by atoms with Crippen LogP contribution in [0.2, 0.25) is 5.02 Å². The normalized spacial score (nSPS) is 9.46. The van der Waals surface area contributed by atoms with Crippen molar-refractivity contribution in [2.24, 2.45) is 0 Å². The number of halogens is 2. The van der Waals surface area contributed by atoms with Crippen molar-refractivity contribution in [2.75, 3.05) is 12.4 Å². The molecule has 0 fully saturated rings. The van der Waals surface area contributed by atoms with Crippen LogP contribution in [-0.2, 0) is 0 Å². The molecule has 0 saturated heterocycles. The third-order valence-electron chi connectivity index (χ3n) is 1.40. The molecule has 0 aromatic heterocycles. The lowest BCUT2D eigenvalue weighted by molar-refractivity contribution is 0.254. The van der Waals surface area contributed by atoms with Crippen LogP contribution in [0.4, 0.5) is 10.5 Å². The minimum atomic E-state index is -0.274. The van der Waals surface area contributed by atoms with E-state index >= 15 is 0 Å². The van der Waals surface area contributed by atoms with Gasteiger partial charge in [0.15, 0.2) is 0 Å². The van der Waals surface area contributed by atoms with Crippen molar-refractivity contribution in [1.82, 2.24) is 5.32 Å². The molecule has 0 aliphatic rings. The standard InChI is InChI=1S/C8H8ClIN2O/c1-11-8(13)12-7-4-5(10)2-3-6(7)9/h2-4H,1H3,(H2,11,12,13). The van der Waals surface area contributed by atoms with E-state index in [1.54, 1.807) is 19.2 Å². The number of hydrogen-bond donors (Lipinski definition) is 2. The van der Waals surface area contributed by atoms with E-state index in [-0.39, 0.29) is 6.03 Å². The summed E-state index contributed by atoms with van der Waals surface area (Å²) in [6, 6.07) is 5.15. The van der Waals surface area contributed by atoms with Crippen molar-refractivity contribution in [3.63, 3.8) is 0 Å². The zero-order valence-corrected chi connectivity index (χ0v) is 9.81. The molecule has 70 valence electrons. The van der Waals surface area contributed by atoms with E-state index in [2.05, 4.69) is 33.2 Å². The van der Waals surface area contributed by atoms with Crippen LogP contribution in [0.3, 0.4) is 0 Å². The lowest BCUT2D eigenvalue weighted by atomic mass is 10.3. The van der Waals surface area contributed by atoms with Crippen LogP contribution < -0.4 is 10.6 Å². The van der Waals surface area contributed by atoms with Gasteiger partial charge in [-0.05, 0) is 40.8 Å². The van der Waals surface area contributed by atoms with Crippen molar-refractivity contribution in [1.29, 1.82) is 0 Å². The molecule has 0 unspecified atom stereocenters. The second-order valence-electron chi connectivity index (χ2n) is 2.33. The maximum Gasteiger partial charge on any atom is 0.319 e. The quantitative estimate of drug-likeness (QED) is 0.769. The second kappa shape index (κ2) is 4.66. The molecule has 2 amide bonds. The summed E-state index contributed by atoms with van der Waals surface area (Å²) >= 11 is 8.00. The number of rotatable bonds is 1. The zero-order chi connectivity index (χ0) is 9.84. The molecule has 0 aliphatic heterocycles. The average Bonchev–Trinajstić information content (AvgIpc) is 2.11. The molecule has 3 nitrogen and oxygen atoms in total. The summed E-state index contributed by atoms with van der Waals surface area (Å²) in [7, 11) is 1.55. The maximum atomic E-state index is 11.0. The van der Waals surface area contributed by atoms with Crippen LogP contribution in [0, 0.1) is 3.57 Å². The van der Waals surface area contributed by atoms with E-state index in [1.165, 1.54) is 0 Å². The molecule has 0 saturated carbocycles. The Morgan fingerprint density at radius 2 is 2.23 bits per heavy atom. The topological polar surface area (TPSA) is 41.1 Å². The third kappa shape index (κ3) is 3.04. The monoisotopic (exact) mass is 310 g/mol. The van der Waals surface area contributed by atoms with Gasteiger partial charge in [0.1, 0.15) is 0 Å². The van der Waals surface area contributed by atoms with Crippen LogP contribution in [0.15, 0.2) is 18.2 Å². The molecule has 5 heteroatoms. The highest BCUT2D eigenvalue weighted by molar-refractivity contribution is 14.1. The Morgan fingerprint density at radius 1 is 1.54 bits per heavy atom. The molecule has 0 bridgehead atoms. The number of nitrogens with one attached hydrogen (secondary N) is 2. The van der Waals surface area contributed by atoms with Crippen molar-refractivity contribution >= 4 is 45.9 Å². The Hall–Kier alpha value is -0.490. The van der Waals surface area contributed by atoms with E-state index in [0.717, 1.165) is 3.57 Å². The number of benzene rings is 1. The number of carbonyl (C=O) groups excluding carboxylic acids is 1. The molecule has 1 aromatic carbocycles. The molecule has 0 spiro atoms. The molecule has 0 atom stereocenters. The Kier molecular flexibility index (Phi) is 3.80. The molecule has 0 aliphatic carbocycles. The fourth-order valence-corrected chi connectivity index (χ4v) is 1.43. The fourth-order valence-electron chi connectivity index (χ4n) is 0.778. The van der Waals surface area contributed by atoms with Gasteiger partial charge in [-0.3, -0.25) is 0 Å². The number of hydrogen-bond acceptors (Lipinski definition) is 1. The highest BCUT2D eigenvalue weighted by atomic mass is 127. The van der Waals surface area contributed by atoms with Gasteiger partial charge in [-0.25, -0.2) is 4.79 Å². The van der Waals surface area contributed by atoms with E-state index in [4.69, 9.17) is 11.6 Å². The summed E-state index contributed by atoms with van der Waals surface area (Å²) in [5.74, 6) is 0. The van der Waals surface area contributed by atoms with Gasteiger partial charge in [-0.1, -0.05) is 11.6 Å². The first-order valence-corrected chi connectivity index (χ1v) is 5.03. The summed E-state index contributed by atoms with van der Waals surface area (Å²) in [6.07, 6.45) is 0. The predicted molar refractivity (Wildman–Crippen MR) is 62.2 cm³/mol. The van der Waals surface area contributed by atoms with E-state index in [1.807, 2.05) is 6.07 Å². The van der Waals surface area contributed by atoms with Crippen molar-refractivity contribution in [3.05, 3.63) is 26.8 Å². The first kappa shape index (κ1) is 10.6. The van der Waals surface area contributed by atoms with Gasteiger partial charge in [0, 0.05) is 10.6 Å². The van der Waals surface area contributed by atoms with Crippen LogP contribution >= 0.6 is 34.2 Å². The van der Waals surface area contributed by atoms with Crippen molar-refractivity contribution in [2.45, 2.75) is 0 Å². The van der Waals surface area contributed by atoms with Crippen LogP contribution in [-0.4, -0.2) is 13.1 Å². The molecule has 1 aromatic rings. The van der Waals surface area contributed by atoms with Crippen LogP contribution in [0.1, 0.15) is 0 Å². The average molecular weight is 311 g/mol. The minimum Gasteiger partial charge on any atom is -0.341 e. The van der Waals surface area contributed by atoms with Gasteiger partial charge in [-0.15, -0.1) is 0 Å². The van der Waals surface area contributed by atoms with Gasteiger partial charge >= 0.3 is 6.03 Å².